The molecule has 1 aromatic carbocycles. The van der Waals surface area contributed by atoms with Crippen LogP contribution in [0.5, 0.6) is 5.75 Å². The van der Waals surface area contributed by atoms with Crippen molar-refractivity contribution in [2.75, 3.05) is 60.0 Å². The minimum atomic E-state index is 0.230. The van der Waals surface area contributed by atoms with Crippen LogP contribution in [-0.4, -0.2) is 87.9 Å². The summed E-state index contributed by atoms with van der Waals surface area (Å²) in [5.74, 6) is 1.75. The van der Waals surface area contributed by atoms with Crippen LogP contribution in [0.3, 0.4) is 0 Å². The normalized spacial score (nSPS) is 26.4. The Kier molecular flexibility index (Phi) is 7.47. The highest BCUT2D eigenvalue weighted by Gasteiger charge is 2.32. The Morgan fingerprint density at radius 3 is 2.70 bits per heavy atom. The lowest BCUT2D eigenvalue weighted by Crippen LogP contribution is -2.52. The topological polar surface area (TPSA) is 61.4 Å². The maximum absolute atomic E-state index is 6.08. The predicted molar refractivity (Wildman–Crippen MR) is 120 cm³/mol. The number of methoxy groups -OCH3 is 1. The molecule has 0 radical (unpaired) electrons. The van der Waals surface area contributed by atoms with E-state index in [1.165, 1.54) is 37.8 Å². The van der Waals surface area contributed by atoms with E-state index in [4.69, 9.17) is 9.47 Å². The SMILES string of the molecule is CN=C(NCC1CN2CCCC2CO1)NCC(c1ccc(OC)cc1)N1CCCC1. The highest BCUT2D eigenvalue weighted by molar-refractivity contribution is 5.79. The Labute approximate surface area is 180 Å². The van der Waals surface area contributed by atoms with Crippen LogP contribution in [0.2, 0.25) is 0 Å². The molecule has 0 aliphatic carbocycles. The second-order valence-corrected chi connectivity index (χ2v) is 8.61. The van der Waals surface area contributed by atoms with Gasteiger partial charge in [0.15, 0.2) is 5.96 Å². The largest absolute Gasteiger partial charge is 0.497 e. The first-order valence-electron chi connectivity index (χ1n) is 11.4. The predicted octanol–water partition coefficient (Wildman–Crippen LogP) is 1.86. The standard InChI is InChI=1S/C23H37N5O2/c1-24-23(25-14-21-16-28-13-5-6-19(28)17-30-21)26-15-22(27-11-3-4-12-27)18-7-9-20(29-2)10-8-18/h7-10,19,21-22H,3-6,11-17H2,1-2H3,(H2,24,25,26). The van der Waals surface area contributed by atoms with Gasteiger partial charge in [0.1, 0.15) is 5.75 Å². The number of hydrogen-bond acceptors (Lipinski definition) is 5. The van der Waals surface area contributed by atoms with E-state index in [0.717, 1.165) is 51.0 Å². The smallest absolute Gasteiger partial charge is 0.191 e. The van der Waals surface area contributed by atoms with Gasteiger partial charge in [-0.1, -0.05) is 12.1 Å². The van der Waals surface area contributed by atoms with E-state index in [9.17, 15) is 0 Å². The van der Waals surface area contributed by atoms with Crippen LogP contribution < -0.4 is 15.4 Å². The lowest BCUT2D eigenvalue weighted by atomic mass is 10.1. The molecule has 30 heavy (non-hydrogen) atoms. The molecule has 3 saturated heterocycles. The maximum Gasteiger partial charge on any atom is 0.191 e. The number of nitrogens with zero attached hydrogens (tertiary/aromatic N) is 3. The van der Waals surface area contributed by atoms with Gasteiger partial charge in [-0.05, 0) is 63.0 Å². The van der Waals surface area contributed by atoms with E-state index in [0.29, 0.717) is 12.1 Å². The average molecular weight is 416 g/mol. The zero-order valence-corrected chi connectivity index (χ0v) is 18.5. The fourth-order valence-electron chi connectivity index (χ4n) is 4.97. The molecule has 0 spiro atoms. The van der Waals surface area contributed by atoms with E-state index >= 15 is 0 Å². The van der Waals surface area contributed by atoms with Crippen molar-refractivity contribution in [3.05, 3.63) is 29.8 Å². The molecule has 0 bridgehead atoms. The van der Waals surface area contributed by atoms with Crippen molar-refractivity contribution in [1.82, 2.24) is 20.4 Å². The quantitative estimate of drug-likeness (QED) is 0.524. The lowest BCUT2D eigenvalue weighted by molar-refractivity contribution is -0.0453. The van der Waals surface area contributed by atoms with E-state index in [2.05, 4.69) is 49.7 Å². The van der Waals surface area contributed by atoms with Crippen molar-refractivity contribution >= 4 is 5.96 Å². The molecule has 3 aliphatic heterocycles. The maximum atomic E-state index is 6.08. The van der Waals surface area contributed by atoms with Crippen molar-refractivity contribution in [3.63, 3.8) is 0 Å². The minimum absolute atomic E-state index is 0.230. The molecule has 1 aromatic rings. The van der Waals surface area contributed by atoms with E-state index in [1.54, 1.807) is 7.11 Å². The molecule has 3 unspecified atom stereocenters. The van der Waals surface area contributed by atoms with Crippen molar-refractivity contribution in [1.29, 1.82) is 0 Å². The first-order valence-corrected chi connectivity index (χ1v) is 11.4. The summed E-state index contributed by atoms with van der Waals surface area (Å²) in [5.41, 5.74) is 1.32. The highest BCUT2D eigenvalue weighted by atomic mass is 16.5. The molecule has 2 N–H and O–H groups in total. The average Bonchev–Trinajstić information content (AvgIpc) is 3.48. The van der Waals surface area contributed by atoms with Crippen LogP contribution in [0.4, 0.5) is 0 Å². The second-order valence-electron chi connectivity index (χ2n) is 8.61. The van der Waals surface area contributed by atoms with Gasteiger partial charge in [-0.25, -0.2) is 0 Å². The first kappa shape index (κ1) is 21.4. The Morgan fingerprint density at radius 2 is 1.97 bits per heavy atom. The van der Waals surface area contributed by atoms with E-state index in [1.807, 2.05) is 7.05 Å². The van der Waals surface area contributed by atoms with E-state index < -0.39 is 0 Å². The molecule has 7 nitrogen and oxygen atoms in total. The number of benzene rings is 1. The minimum Gasteiger partial charge on any atom is -0.497 e. The zero-order valence-electron chi connectivity index (χ0n) is 18.5. The zero-order chi connectivity index (χ0) is 20.8. The summed E-state index contributed by atoms with van der Waals surface area (Å²) in [7, 11) is 3.55. The molecular formula is C23H37N5O2. The third-order valence-electron chi connectivity index (χ3n) is 6.73. The number of hydrogen-bond donors (Lipinski definition) is 2. The summed E-state index contributed by atoms with van der Waals surface area (Å²) >= 11 is 0. The van der Waals surface area contributed by atoms with E-state index in [-0.39, 0.29) is 6.10 Å². The molecule has 3 fully saturated rings. The van der Waals surface area contributed by atoms with Crippen molar-refractivity contribution < 1.29 is 9.47 Å². The summed E-state index contributed by atoms with van der Waals surface area (Å²) < 4.78 is 11.4. The number of fused-ring (bicyclic) bond motifs is 1. The molecule has 7 heteroatoms. The van der Waals surface area contributed by atoms with Crippen LogP contribution in [0.25, 0.3) is 0 Å². The number of nitrogens with one attached hydrogen (secondary N) is 2. The molecule has 0 saturated carbocycles. The number of likely N-dealkylation sites (tertiary alicyclic amines) is 1. The van der Waals surface area contributed by atoms with Gasteiger partial charge in [0.2, 0.25) is 0 Å². The molecule has 0 aromatic heterocycles. The summed E-state index contributed by atoms with van der Waals surface area (Å²) in [6.45, 7) is 7.03. The highest BCUT2D eigenvalue weighted by Crippen LogP contribution is 2.26. The Hall–Kier alpha value is -1.83. The molecule has 0 amide bonds. The molecule has 4 rings (SSSR count). The van der Waals surface area contributed by atoms with Gasteiger partial charge in [-0.3, -0.25) is 14.8 Å². The number of rotatable bonds is 7. The first-order chi connectivity index (χ1) is 14.8. The Morgan fingerprint density at radius 1 is 1.17 bits per heavy atom. The van der Waals surface area contributed by atoms with Crippen LogP contribution >= 0.6 is 0 Å². The van der Waals surface area contributed by atoms with Gasteiger partial charge in [0.25, 0.3) is 0 Å². The van der Waals surface area contributed by atoms with Crippen LogP contribution in [-0.2, 0) is 4.74 Å². The second kappa shape index (κ2) is 10.5. The molecule has 3 atom stereocenters. The van der Waals surface area contributed by atoms with Crippen molar-refractivity contribution in [3.8, 4) is 5.75 Å². The fraction of sp³-hybridized carbons (Fsp3) is 0.696. The number of ether oxygens (including phenoxy) is 2. The van der Waals surface area contributed by atoms with Crippen molar-refractivity contribution in [2.24, 2.45) is 4.99 Å². The number of morpholine rings is 1. The molecule has 3 heterocycles. The molecule has 3 aliphatic rings. The third-order valence-corrected chi connectivity index (χ3v) is 6.73. The summed E-state index contributed by atoms with van der Waals surface area (Å²) in [5, 5.41) is 7.04. The third kappa shape index (κ3) is 5.25. The molecular weight excluding hydrogens is 378 g/mol. The summed E-state index contributed by atoms with van der Waals surface area (Å²) in [4.78, 5) is 9.60. The lowest BCUT2D eigenvalue weighted by Gasteiger charge is -2.35. The van der Waals surface area contributed by atoms with Gasteiger partial charge >= 0.3 is 0 Å². The van der Waals surface area contributed by atoms with Gasteiger partial charge in [-0.15, -0.1) is 0 Å². The Balaban J connectivity index is 1.31. The number of aliphatic imine (C=N–C) groups is 1. The van der Waals surface area contributed by atoms with Gasteiger partial charge in [0.05, 0.1) is 25.9 Å². The van der Waals surface area contributed by atoms with Gasteiger partial charge in [0, 0.05) is 32.7 Å². The van der Waals surface area contributed by atoms with Crippen LogP contribution in [0.1, 0.15) is 37.3 Å². The Bertz CT molecular complexity index is 689. The van der Waals surface area contributed by atoms with Gasteiger partial charge < -0.3 is 20.1 Å². The monoisotopic (exact) mass is 415 g/mol. The fourth-order valence-corrected chi connectivity index (χ4v) is 4.97. The number of guanidine groups is 1. The molecule has 166 valence electrons. The summed E-state index contributed by atoms with van der Waals surface area (Å²) in [6.07, 6.45) is 5.37. The van der Waals surface area contributed by atoms with Crippen LogP contribution in [0, 0.1) is 0 Å². The van der Waals surface area contributed by atoms with Crippen molar-refractivity contribution in [2.45, 2.75) is 43.9 Å². The van der Waals surface area contributed by atoms with Gasteiger partial charge in [-0.2, -0.15) is 0 Å². The summed E-state index contributed by atoms with van der Waals surface area (Å²) in [6, 6.07) is 9.44. The van der Waals surface area contributed by atoms with Crippen LogP contribution in [0.15, 0.2) is 29.3 Å².